The summed E-state index contributed by atoms with van der Waals surface area (Å²) in [5.74, 6) is -2.07. The van der Waals surface area contributed by atoms with Gasteiger partial charge in [0.2, 0.25) is 0 Å². The third-order valence-electron chi connectivity index (χ3n) is 5.59. The van der Waals surface area contributed by atoms with Crippen LogP contribution in [0, 0.1) is 10.1 Å². The van der Waals surface area contributed by atoms with E-state index in [-0.39, 0.29) is 24.1 Å². The van der Waals surface area contributed by atoms with Crippen LogP contribution in [0.25, 0.3) is 0 Å². The summed E-state index contributed by atoms with van der Waals surface area (Å²) in [5.41, 5.74) is -0.194. The molecule has 2 aliphatic heterocycles. The molecule has 0 aromatic heterocycles. The van der Waals surface area contributed by atoms with Crippen LogP contribution in [-0.2, 0) is 19.6 Å². The molecule has 2 aliphatic rings. The van der Waals surface area contributed by atoms with E-state index in [4.69, 9.17) is 4.74 Å². The minimum absolute atomic E-state index is 0.236. The maximum absolute atomic E-state index is 13.1. The Morgan fingerprint density at radius 1 is 1.09 bits per heavy atom. The number of carbonyl (C=O) groups is 3. The Hall–Kier alpha value is -3.68. The number of aliphatic hydroxyl groups is 1. The molecule has 1 N–H and O–H groups in total. The van der Waals surface area contributed by atoms with Gasteiger partial charge in [0, 0.05) is 19.0 Å². The van der Waals surface area contributed by atoms with E-state index >= 15 is 0 Å². The van der Waals surface area contributed by atoms with Gasteiger partial charge in [-0.2, -0.15) is 4.31 Å². The third-order valence-corrected chi connectivity index (χ3v) is 7.51. The highest BCUT2D eigenvalue weighted by atomic mass is 32.2. The van der Waals surface area contributed by atoms with Gasteiger partial charge in [0.25, 0.3) is 27.5 Å². The second-order valence-electron chi connectivity index (χ2n) is 7.68. The third kappa shape index (κ3) is 4.04. The first-order valence-electron chi connectivity index (χ1n) is 10.2. The van der Waals surface area contributed by atoms with Crippen molar-refractivity contribution in [2.75, 3.05) is 19.7 Å². The number of aliphatic hydroxyl groups excluding tert-OH is 1. The van der Waals surface area contributed by atoms with Gasteiger partial charge in [-0.3, -0.25) is 29.4 Å². The van der Waals surface area contributed by atoms with Gasteiger partial charge in [0.15, 0.2) is 4.90 Å². The molecule has 2 aromatic rings. The normalized spacial score (nSPS) is 20.4. The van der Waals surface area contributed by atoms with Crippen LogP contribution in [0.1, 0.15) is 27.1 Å². The molecule has 12 nitrogen and oxygen atoms in total. The van der Waals surface area contributed by atoms with Crippen molar-refractivity contribution in [3.05, 3.63) is 69.8 Å². The van der Waals surface area contributed by atoms with Crippen molar-refractivity contribution >= 4 is 33.5 Å². The first-order chi connectivity index (χ1) is 16.1. The minimum atomic E-state index is -4.52. The zero-order valence-electron chi connectivity index (χ0n) is 17.6. The summed E-state index contributed by atoms with van der Waals surface area (Å²) in [6, 6.07) is 9.50. The lowest BCUT2D eigenvalue weighted by atomic mass is 10.1. The second kappa shape index (κ2) is 8.93. The predicted octanol–water partition coefficient (Wildman–Crippen LogP) is 0.558. The van der Waals surface area contributed by atoms with Crippen LogP contribution in [0.15, 0.2) is 53.4 Å². The number of ether oxygens (including phenoxy) is 1. The van der Waals surface area contributed by atoms with Crippen LogP contribution < -0.4 is 0 Å². The van der Waals surface area contributed by atoms with Crippen molar-refractivity contribution in [3.8, 4) is 0 Å². The molecule has 0 radical (unpaired) electrons. The van der Waals surface area contributed by atoms with Crippen LogP contribution >= 0.6 is 0 Å². The highest BCUT2D eigenvalue weighted by Crippen LogP contribution is 2.32. The average Bonchev–Trinajstić information content (AvgIpc) is 3.33. The molecular weight excluding hydrogens is 470 g/mol. The summed E-state index contributed by atoms with van der Waals surface area (Å²) < 4.78 is 32.0. The van der Waals surface area contributed by atoms with Gasteiger partial charge in [-0.15, -0.1) is 0 Å². The van der Waals surface area contributed by atoms with Crippen LogP contribution in [0.2, 0.25) is 0 Å². The Balaban J connectivity index is 1.46. The van der Waals surface area contributed by atoms with Gasteiger partial charge < -0.3 is 9.84 Å². The van der Waals surface area contributed by atoms with E-state index in [2.05, 4.69) is 0 Å². The smallest absolute Gasteiger partial charge is 0.324 e. The fourth-order valence-electron chi connectivity index (χ4n) is 3.99. The first kappa shape index (κ1) is 23.5. The molecule has 0 aliphatic carbocycles. The van der Waals surface area contributed by atoms with Crippen molar-refractivity contribution in [3.63, 3.8) is 0 Å². The van der Waals surface area contributed by atoms with Gasteiger partial charge in [-0.05, 0) is 18.2 Å². The highest BCUT2D eigenvalue weighted by Gasteiger charge is 2.46. The SMILES string of the molecule is O=C(OCCN1C(=O)c2ccccc2C1=O)[C@H]1CC(O)CN1S(=O)(=O)c1ccccc1[N+](=O)[O-]. The molecule has 13 heteroatoms. The molecule has 34 heavy (non-hydrogen) atoms. The Morgan fingerprint density at radius 2 is 1.68 bits per heavy atom. The summed E-state index contributed by atoms with van der Waals surface area (Å²) in [6.45, 7) is -1.09. The fourth-order valence-corrected chi connectivity index (χ4v) is 5.78. The predicted molar refractivity (Wildman–Crippen MR) is 114 cm³/mol. The Morgan fingerprint density at radius 3 is 2.29 bits per heavy atom. The van der Waals surface area contributed by atoms with Crippen LogP contribution in [0.5, 0.6) is 0 Å². The molecule has 1 saturated heterocycles. The second-order valence-corrected chi connectivity index (χ2v) is 9.54. The molecule has 2 heterocycles. The van der Waals surface area contributed by atoms with Gasteiger partial charge in [-0.1, -0.05) is 24.3 Å². The lowest BCUT2D eigenvalue weighted by Gasteiger charge is -2.22. The van der Waals surface area contributed by atoms with Crippen molar-refractivity contribution in [1.29, 1.82) is 0 Å². The van der Waals surface area contributed by atoms with E-state index in [1.807, 2.05) is 0 Å². The number of benzene rings is 2. The fraction of sp³-hybridized carbons (Fsp3) is 0.286. The van der Waals surface area contributed by atoms with Crippen LogP contribution in [0.3, 0.4) is 0 Å². The van der Waals surface area contributed by atoms with Gasteiger partial charge in [0.05, 0.1) is 28.7 Å². The Kier molecular flexibility index (Phi) is 6.17. The largest absolute Gasteiger partial charge is 0.463 e. The standard InChI is InChI=1S/C21H19N3O9S/c25-13-11-17(23(12-13)34(31,32)18-8-4-3-7-16(18)24(29)30)21(28)33-10-9-22-19(26)14-5-1-2-6-15(14)20(22)27/h1-8,13,17,25H,9-12H2/t13?,17-/m1/s1. The number of β-amino-alcohol motifs (C(OH)–C–C–N with tert-alkyl or cyclic N) is 1. The van der Waals surface area contributed by atoms with E-state index in [1.54, 1.807) is 12.1 Å². The molecule has 0 saturated carbocycles. The number of nitro groups is 1. The number of fused-ring (bicyclic) bond motifs is 1. The van der Waals surface area contributed by atoms with E-state index in [1.165, 1.54) is 24.3 Å². The number of sulfonamides is 1. The molecular formula is C21H19N3O9S. The lowest BCUT2D eigenvalue weighted by Crippen LogP contribution is -2.42. The summed E-state index contributed by atoms with van der Waals surface area (Å²) >= 11 is 0. The maximum atomic E-state index is 13.1. The number of para-hydroxylation sites is 1. The zero-order chi connectivity index (χ0) is 24.6. The molecule has 178 valence electrons. The van der Waals surface area contributed by atoms with Crippen molar-refractivity contribution < 1.29 is 37.6 Å². The molecule has 2 amide bonds. The summed E-state index contributed by atoms with van der Waals surface area (Å²) in [4.78, 5) is 48.2. The van der Waals surface area contributed by atoms with Crippen LogP contribution in [0.4, 0.5) is 5.69 Å². The molecule has 1 unspecified atom stereocenters. The summed E-state index contributed by atoms with van der Waals surface area (Å²) in [7, 11) is -4.52. The number of carbonyl (C=O) groups excluding carboxylic acids is 3. The summed E-state index contributed by atoms with van der Waals surface area (Å²) in [6.07, 6.45) is -1.46. The Labute approximate surface area is 193 Å². The molecule has 0 spiro atoms. The number of rotatable bonds is 7. The number of nitro benzene ring substituents is 1. The topological polar surface area (TPSA) is 164 Å². The number of nitrogens with zero attached hydrogens (tertiary/aromatic N) is 3. The van der Waals surface area contributed by atoms with Crippen LogP contribution in [-0.4, -0.2) is 77.3 Å². The number of hydrogen-bond donors (Lipinski definition) is 1. The van der Waals surface area contributed by atoms with Crippen molar-refractivity contribution in [2.24, 2.45) is 0 Å². The van der Waals surface area contributed by atoms with E-state index in [9.17, 15) is 38.0 Å². The van der Waals surface area contributed by atoms with Crippen molar-refractivity contribution in [1.82, 2.24) is 9.21 Å². The molecule has 4 rings (SSSR count). The van der Waals surface area contributed by atoms with E-state index in [0.717, 1.165) is 17.0 Å². The zero-order valence-corrected chi connectivity index (χ0v) is 18.4. The number of esters is 1. The molecule has 2 aromatic carbocycles. The lowest BCUT2D eigenvalue weighted by molar-refractivity contribution is -0.387. The van der Waals surface area contributed by atoms with Gasteiger partial charge in [-0.25, -0.2) is 8.42 Å². The minimum Gasteiger partial charge on any atom is -0.463 e. The Bertz CT molecular complexity index is 1260. The average molecular weight is 489 g/mol. The quantitative estimate of drug-likeness (QED) is 0.253. The molecule has 1 fully saturated rings. The monoisotopic (exact) mass is 489 g/mol. The molecule has 2 atom stereocenters. The van der Waals surface area contributed by atoms with Gasteiger partial charge >= 0.3 is 5.97 Å². The number of hydrogen-bond acceptors (Lipinski definition) is 9. The van der Waals surface area contributed by atoms with Gasteiger partial charge in [0.1, 0.15) is 12.6 Å². The van der Waals surface area contributed by atoms with E-state index < -0.39 is 68.6 Å². The molecule has 0 bridgehead atoms. The first-order valence-corrected chi connectivity index (χ1v) is 11.6. The maximum Gasteiger partial charge on any atom is 0.324 e. The number of imide groups is 1. The van der Waals surface area contributed by atoms with Crippen molar-refractivity contribution in [2.45, 2.75) is 23.5 Å². The highest BCUT2D eigenvalue weighted by molar-refractivity contribution is 7.89. The number of amides is 2. The summed E-state index contributed by atoms with van der Waals surface area (Å²) in [5, 5.41) is 21.3. The van der Waals surface area contributed by atoms with E-state index in [0.29, 0.717) is 4.31 Å².